The van der Waals surface area contributed by atoms with Gasteiger partial charge in [0.15, 0.2) is 5.82 Å². The number of hydrogen-bond donors (Lipinski definition) is 4. The fourth-order valence-corrected chi connectivity index (χ4v) is 3.23. The summed E-state index contributed by atoms with van der Waals surface area (Å²) in [5.74, 6) is 1.15. The molecule has 26 heavy (non-hydrogen) atoms. The lowest BCUT2D eigenvalue weighted by molar-refractivity contribution is 0.258. The Kier molecular flexibility index (Phi) is 4.97. The summed E-state index contributed by atoms with van der Waals surface area (Å²) in [5, 5.41) is 8.56. The number of nitrogens with one attached hydrogen (secondary N) is 1. The van der Waals surface area contributed by atoms with Gasteiger partial charge in [-0.05, 0) is 36.9 Å². The Balaban J connectivity index is 1.81. The quantitative estimate of drug-likeness (QED) is 0.470. The molecule has 2 aromatic rings. The molecule has 0 saturated carbocycles. The summed E-state index contributed by atoms with van der Waals surface area (Å²) >= 11 is 5.91. The summed E-state index contributed by atoms with van der Waals surface area (Å²) in [5.41, 5.74) is 18.7. The Morgan fingerprint density at radius 2 is 1.96 bits per heavy atom. The van der Waals surface area contributed by atoms with Crippen molar-refractivity contribution in [2.45, 2.75) is 19.8 Å². The van der Waals surface area contributed by atoms with Gasteiger partial charge in [0.05, 0.1) is 11.9 Å². The Bertz CT molecular complexity index is 809. The van der Waals surface area contributed by atoms with Crippen LogP contribution >= 0.6 is 11.6 Å². The summed E-state index contributed by atoms with van der Waals surface area (Å²) in [6.45, 7) is 4.60. The number of aromatic nitrogens is 3. The van der Waals surface area contributed by atoms with Crippen LogP contribution in [-0.2, 0) is 0 Å². The van der Waals surface area contributed by atoms with Gasteiger partial charge in [-0.25, -0.2) is 15.0 Å². The van der Waals surface area contributed by atoms with Gasteiger partial charge < -0.3 is 22.1 Å². The Morgan fingerprint density at radius 1 is 1.27 bits per heavy atom. The van der Waals surface area contributed by atoms with E-state index in [1.165, 1.54) is 0 Å². The molecule has 0 unspecified atom stereocenters. The molecule has 1 saturated heterocycles. The Labute approximate surface area is 157 Å². The van der Waals surface area contributed by atoms with Gasteiger partial charge in [-0.2, -0.15) is 0 Å². The lowest BCUT2D eigenvalue weighted by Gasteiger charge is -2.39. The van der Waals surface area contributed by atoms with Crippen molar-refractivity contribution >= 4 is 34.8 Å². The number of nitrogens with two attached hydrogens (primary N) is 3. The third kappa shape index (κ3) is 3.71. The Morgan fingerprint density at radius 3 is 2.54 bits per heavy atom. The fraction of sp³-hybridized carbons (Fsp3) is 0.412. The SMILES string of the molecule is CC1(CN)CCN(c2cnc(C(=N)c3cc(N)nc(Cl)c3)c(N)n2)CC1. The van der Waals surface area contributed by atoms with E-state index in [2.05, 4.69) is 26.8 Å². The van der Waals surface area contributed by atoms with Crippen molar-refractivity contribution in [2.24, 2.45) is 11.1 Å². The number of nitrogens with zero attached hydrogens (tertiary/aromatic N) is 4. The molecule has 0 aromatic carbocycles. The van der Waals surface area contributed by atoms with Crippen LogP contribution in [0.5, 0.6) is 0 Å². The van der Waals surface area contributed by atoms with E-state index in [-0.39, 0.29) is 27.9 Å². The number of piperidine rings is 1. The molecule has 1 aliphatic rings. The van der Waals surface area contributed by atoms with Crippen molar-refractivity contribution in [3.05, 3.63) is 34.7 Å². The molecule has 2 aromatic heterocycles. The predicted molar refractivity (Wildman–Crippen MR) is 105 cm³/mol. The van der Waals surface area contributed by atoms with Gasteiger partial charge in [-0.15, -0.1) is 0 Å². The summed E-state index contributed by atoms with van der Waals surface area (Å²) in [6.07, 6.45) is 3.65. The highest BCUT2D eigenvalue weighted by molar-refractivity contribution is 6.30. The number of rotatable bonds is 4. The molecule has 1 fully saturated rings. The molecular weight excluding hydrogens is 352 g/mol. The second-order valence-electron chi connectivity index (χ2n) is 6.94. The first kappa shape index (κ1) is 18.3. The number of nitrogen functional groups attached to an aromatic ring is 2. The molecule has 8 nitrogen and oxygen atoms in total. The molecule has 7 N–H and O–H groups in total. The zero-order chi connectivity index (χ0) is 18.9. The van der Waals surface area contributed by atoms with Crippen molar-refractivity contribution in [2.75, 3.05) is 36.0 Å². The van der Waals surface area contributed by atoms with E-state index >= 15 is 0 Å². The lowest BCUT2D eigenvalue weighted by Crippen LogP contribution is -2.42. The fourth-order valence-electron chi connectivity index (χ4n) is 3.02. The van der Waals surface area contributed by atoms with Gasteiger partial charge in [0.25, 0.3) is 0 Å². The van der Waals surface area contributed by atoms with Crippen molar-refractivity contribution in [1.29, 1.82) is 5.41 Å². The predicted octanol–water partition coefficient (Wildman–Crippen LogP) is 1.67. The van der Waals surface area contributed by atoms with Crippen LogP contribution in [-0.4, -0.2) is 40.3 Å². The average molecular weight is 375 g/mol. The van der Waals surface area contributed by atoms with Gasteiger partial charge in [-0.1, -0.05) is 18.5 Å². The molecule has 0 spiro atoms. The molecule has 0 radical (unpaired) electrons. The largest absolute Gasteiger partial charge is 0.384 e. The number of hydrogen-bond acceptors (Lipinski definition) is 8. The first-order valence-electron chi connectivity index (χ1n) is 8.41. The molecule has 9 heteroatoms. The molecule has 138 valence electrons. The van der Waals surface area contributed by atoms with Gasteiger partial charge in [0.1, 0.15) is 22.5 Å². The number of pyridine rings is 1. The highest BCUT2D eigenvalue weighted by Gasteiger charge is 2.29. The van der Waals surface area contributed by atoms with Crippen LogP contribution in [0.4, 0.5) is 17.5 Å². The second kappa shape index (κ2) is 7.05. The minimum Gasteiger partial charge on any atom is -0.384 e. The van der Waals surface area contributed by atoms with E-state index in [0.29, 0.717) is 23.6 Å². The van der Waals surface area contributed by atoms with Gasteiger partial charge in [-0.3, -0.25) is 5.41 Å². The van der Waals surface area contributed by atoms with Crippen LogP contribution in [0.3, 0.4) is 0 Å². The van der Waals surface area contributed by atoms with Crippen LogP contribution in [0.1, 0.15) is 31.0 Å². The van der Waals surface area contributed by atoms with E-state index in [9.17, 15) is 0 Å². The summed E-state index contributed by atoms with van der Waals surface area (Å²) < 4.78 is 0. The van der Waals surface area contributed by atoms with Gasteiger partial charge >= 0.3 is 0 Å². The van der Waals surface area contributed by atoms with E-state index in [1.807, 2.05) is 0 Å². The minimum absolute atomic E-state index is 0.104. The normalized spacial score (nSPS) is 16.5. The molecule has 1 aliphatic heterocycles. The summed E-state index contributed by atoms with van der Waals surface area (Å²) in [4.78, 5) is 14.9. The topological polar surface area (TPSA) is 144 Å². The van der Waals surface area contributed by atoms with Crippen LogP contribution in [0, 0.1) is 10.8 Å². The van der Waals surface area contributed by atoms with Gasteiger partial charge in [0.2, 0.25) is 0 Å². The zero-order valence-electron chi connectivity index (χ0n) is 14.7. The third-order valence-corrected chi connectivity index (χ3v) is 5.11. The monoisotopic (exact) mass is 374 g/mol. The maximum absolute atomic E-state index is 8.34. The van der Waals surface area contributed by atoms with Gasteiger partial charge in [0, 0.05) is 18.7 Å². The maximum atomic E-state index is 8.34. The van der Waals surface area contributed by atoms with Crippen molar-refractivity contribution in [3.63, 3.8) is 0 Å². The average Bonchev–Trinajstić information content (AvgIpc) is 2.61. The van der Waals surface area contributed by atoms with Crippen molar-refractivity contribution in [1.82, 2.24) is 15.0 Å². The highest BCUT2D eigenvalue weighted by atomic mass is 35.5. The molecular formula is C17H23ClN8. The standard InChI is InChI=1S/C17H23ClN8/c1-17(9-19)2-4-26(5-3-17)13-8-23-15(16(22)25-13)14(21)10-6-11(18)24-12(20)7-10/h6-8,21H,2-5,9,19H2,1H3,(H2,20,24)(H2,22,25). The van der Waals surface area contributed by atoms with Crippen LogP contribution in [0.15, 0.2) is 18.3 Å². The second-order valence-corrected chi connectivity index (χ2v) is 7.33. The molecule has 0 amide bonds. The molecule has 0 aliphatic carbocycles. The highest BCUT2D eigenvalue weighted by Crippen LogP contribution is 2.31. The maximum Gasteiger partial charge on any atom is 0.154 e. The van der Waals surface area contributed by atoms with Crippen LogP contribution < -0.4 is 22.1 Å². The molecule has 0 bridgehead atoms. The van der Waals surface area contributed by atoms with E-state index in [1.54, 1.807) is 18.3 Å². The third-order valence-electron chi connectivity index (χ3n) is 4.91. The smallest absolute Gasteiger partial charge is 0.154 e. The summed E-state index contributed by atoms with van der Waals surface area (Å²) in [7, 11) is 0. The van der Waals surface area contributed by atoms with Crippen molar-refractivity contribution in [3.8, 4) is 0 Å². The van der Waals surface area contributed by atoms with E-state index in [0.717, 1.165) is 25.9 Å². The van der Waals surface area contributed by atoms with Crippen LogP contribution in [0.2, 0.25) is 5.15 Å². The molecule has 0 atom stereocenters. The first-order valence-corrected chi connectivity index (χ1v) is 8.79. The first-order chi connectivity index (χ1) is 12.3. The lowest BCUT2D eigenvalue weighted by atomic mass is 9.80. The molecule has 3 rings (SSSR count). The number of anilines is 3. The Hall–Kier alpha value is -2.45. The number of halogens is 1. The minimum atomic E-state index is 0.104. The van der Waals surface area contributed by atoms with E-state index < -0.39 is 0 Å². The van der Waals surface area contributed by atoms with Crippen molar-refractivity contribution < 1.29 is 0 Å². The van der Waals surface area contributed by atoms with E-state index in [4.69, 9.17) is 34.2 Å². The summed E-state index contributed by atoms with van der Waals surface area (Å²) in [6, 6.07) is 3.11. The van der Waals surface area contributed by atoms with Crippen LogP contribution in [0.25, 0.3) is 0 Å². The molecule has 3 heterocycles. The zero-order valence-corrected chi connectivity index (χ0v) is 15.4.